The van der Waals surface area contributed by atoms with Crippen LogP contribution in [0.25, 0.3) is 0 Å². The fourth-order valence-electron chi connectivity index (χ4n) is 2.67. The summed E-state index contributed by atoms with van der Waals surface area (Å²) in [6, 6.07) is 3.60. The van der Waals surface area contributed by atoms with Crippen molar-refractivity contribution in [3.63, 3.8) is 0 Å². The minimum absolute atomic E-state index is 0.199. The first-order chi connectivity index (χ1) is 12.1. The van der Waals surface area contributed by atoms with Gasteiger partial charge in [-0.2, -0.15) is 11.3 Å². The van der Waals surface area contributed by atoms with E-state index < -0.39 is 5.91 Å². The summed E-state index contributed by atoms with van der Waals surface area (Å²) >= 11 is 2.90. The van der Waals surface area contributed by atoms with Crippen molar-refractivity contribution in [2.45, 2.75) is 32.1 Å². The lowest BCUT2D eigenvalue weighted by atomic mass is 10.1. The van der Waals surface area contributed by atoms with Crippen LogP contribution in [0, 0.1) is 0 Å². The monoisotopic (exact) mass is 377 g/mol. The Hall–Kier alpha value is -2.19. The van der Waals surface area contributed by atoms with Gasteiger partial charge in [-0.05, 0) is 48.8 Å². The molecule has 3 rings (SSSR count). The van der Waals surface area contributed by atoms with E-state index in [1.165, 1.54) is 39.5 Å². The lowest BCUT2D eigenvalue weighted by Crippen LogP contribution is -2.46. The molecule has 0 fully saturated rings. The Morgan fingerprint density at radius 2 is 1.88 bits per heavy atom. The van der Waals surface area contributed by atoms with Crippen LogP contribution in [-0.2, 0) is 17.6 Å². The summed E-state index contributed by atoms with van der Waals surface area (Å²) in [5.41, 5.74) is 6.50. The standard InChI is InChI=1S/C17H19N3O3S2/c21-15(9-18-16(22)12-6-7-24-10-12)19-20-17(23)14-8-11-4-2-1-3-5-13(11)25-14/h6-8,10H,1-5,9H2,(H,18,22)(H,19,21)(H,20,23). The molecule has 0 aromatic carbocycles. The van der Waals surface area contributed by atoms with Crippen LogP contribution in [0.4, 0.5) is 0 Å². The first-order valence-corrected chi connectivity index (χ1v) is 9.90. The molecule has 3 amide bonds. The van der Waals surface area contributed by atoms with Gasteiger partial charge >= 0.3 is 0 Å². The first kappa shape index (κ1) is 17.6. The molecule has 8 heteroatoms. The maximum absolute atomic E-state index is 12.2. The molecule has 0 bridgehead atoms. The zero-order chi connectivity index (χ0) is 17.6. The topological polar surface area (TPSA) is 87.3 Å². The van der Waals surface area contributed by atoms with Gasteiger partial charge in [0.25, 0.3) is 17.7 Å². The van der Waals surface area contributed by atoms with Crippen LogP contribution < -0.4 is 16.2 Å². The second-order valence-electron chi connectivity index (χ2n) is 5.82. The minimum atomic E-state index is -0.477. The van der Waals surface area contributed by atoms with E-state index in [9.17, 15) is 14.4 Å². The minimum Gasteiger partial charge on any atom is -0.343 e. The normalized spacial score (nSPS) is 13.4. The smallest absolute Gasteiger partial charge is 0.279 e. The summed E-state index contributed by atoms with van der Waals surface area (Å²) in [6.45, 7) is -0.199. The number of carbonyl (C=O) groups is 3. The Morgan fingerprint density at radius 1 is 1.04 bits per heavy atom. The fraction of sp³-hybridized carbons (Fsp3) is 0.353. The predicted molar refractivity (Wildman–Crippen MR) is 97.8 cm³/mol. The van der Waals surface area contributed by atoms with E-state index in [1.807, 2.05) is 6.07 Å². The number of amides is 3. The number of nitrogens with one attached hydrogen (secondary N) is 3. The molecule has 2 aromatic rings. The summed E-state index contributed by atoms with van der Waals surface area (Å²) in [5, 5.41) is 6.00. The van der Waals surface area contributed by atoms with Crippen molar-refractivity contribution in [3.05, 3.63) is 43.8 Å². The number of thiophene rings is 2. The van der Waals surface area contributed by atoms with Crippen molar-refractivity contribution >= 4 is 40.4 Å². The van der Waals surface area contributed by atoms with Crippen molar-refractivity contribution in [3.8, 4) is 0 Å². The molecule has 0 spiro atoms. The highest BCUT2D eigenvalue weighted by Crippen LogP contribution is 2.28. The van der Waals surface area contributed by atoms with Gasteiger partial charge in [0.1, 0.15) is 0 Å². The van der Waals surface area contributed by atoms with Crippen LogP contribution >= 0.6 is 22.7 Å². The van der Waals surface area contributed by atoms with Gasteiger partial charge in [-0.3, -0.25) is 25.2 Å². The van der Waals surface area contributed by atoms with Gasteiger partial charge in [0, 0.05) is 15.8 Å². The van der Waals surface area contributed by atoms with E-state index in [0.29, 0.717) is 10.4 Å². The number of carbonyl (C=O) groups excluding carboxylic acids is 3. The van der Waals surface area contributed by atoms with Gasteiger partial charge in [0.05, 0.1) is 11.4 Å². The van der Waals surface area contributed by atoms with Crippen LogP contribution in [0.15, 0.2) is 22.9 Å². The second kappa shape index (κ2) is 8.26. The Morgan fingerprint density at radius 3 is 2.68 bits per heavy atom. The van der Waals surface area contributed by atoms with Crippen LogP contribution in [-0.4, -0.2) is 24.3 Å². The van der Waals surface area contributed by atoms with Gasteiger partial charge in [0.2, 0.25) is 0 Å². The first-order valence-electron chi connectivity index (χ1n) is 8.14. The number of hydrogen-bond acceptors (Lipinski definition) is 5. The zero-order valence-corrected chi connectivity index (χ0v) is 15.2. The van der Waals surface area contributed by atoms with E-state index in [1.54, 1.807) is 16.8 Å². The van der Waals surface area contributed by atoms with E-state index in [2.05, 4.69) is 16.2 Å². The molecule has 0 saturated heterocycles. The quantitative estimate of drug-likeness (QED) is 0.564. The van der Waals surface area contributed by atoms with Crippen molar-refractivity contribution < 1.29 is 14.4 Å². The molecule has 0 aliphatic heterocycles. The summed E-state index contributed by atoms with van der Waals surface area (Å²) in [7, 11) is 0. The molecule has 2 aromatic heterocycles. The van der Waals surface area contributed by atoms with Crippen molar-refractivity contribution in [1.82, 2.24) is 16.2 Å². The molecule has 1 aliphatic rings. The van der Waals surface area contributed by atoms with E-state index in [-0.39, 0.29) is 18.4 Å². The predicted octanol–water partition coefficient (Wildman–Crippen LogP) is 2.27. The molecule has 2 heterocycles. The average molecular weight is 377 g/mol. The largest absolute Gasteiger partial charge is 0.343 e. The second-order valence-corrected chi connectivity index (χ2v) is 7.73. The number of hydrogen-bond donors (Lipinski definition) is 3. The van der Waals surface area contributed by atoms with Crippen LogP contribution in [0.1, 0.15) is 49.7 Å². The van der Waals surface area contributed by atoms with Crippen molar-refractivity contribution in [1.29, 1.82) is 0 Å². The third-order valence-electron chi connectivity index (χ3n) is 3.98. The molecule has 0 atom stereocenters. The molecule has 3 N–H and O–H groups in total. The molecular weight excluding hydrogens is 358 g/mol. The molecule has 0 saturated carbocycles. The number of rotatable bonds is 4. The van der Waals surface area contributed by atoms with Crippen LogP contribution in [0.3, 0.4) is 0 Å². The van der Waals surface area contributed by atoms with Crippen LogP contribution in [0.2, 0.25) is 0 Å². The fourth-order valence-corrected chi connectivity index (χ4v) is 4.45. The lowest BCUT2D eigenvalue weighted by molar-refractivity contribution is -0.120. The van der Waals surface area contributed by atoms with Gasteiger partial charge < -0.3 is 5.32 Å². The number of hydrazine groups is 1. The Kier molecular flexibility index (Phi) is 5.83. The average Bonchev–Trinajstić information content (AvgIpc) is 3.24. The highest BCUT2D eigenvalue weighted by atomic mass is 32.1. The number of aryl methyl sites for hydroxylation is 2. The Bertz CT molecular complexity index is 745. The summed E-state index contributed by atoms with van der Waals surface area (Å²) < 4.78 is 0. The summed E-state index contributed by atoms with van der Waals surface area (Å²) in [4.78, 5) is 37.6. The molecular formula is C17H19N3O3S2. The van der Waals surface area contributed by atoms with E-state index in [0.717, 1.165) is 25.7 Å². The molecule has 25 heavy (non-hydrogen) atoms. The van der Waals surface area contributed by atoms with E-state index >= 15 is 0 Å². The molecule has 1 aliphatic carbocycles. The van der Waals surface area contributed by atoms with Crippen molar-refractivity contribution in [2.75, 3.05) is 6.54 Å². The van der Waals surface area contributed by atoms with Crippen LogP contribution in [0.5, 0.6) is 0 Å². The highest BCUT2D eigenvalue weighted by Gasteiger charge is 2.17. The third kappa shape index (κ3) is 4.67. The third-order valence-corrected chi connectivity index (χ3v) is 5.90. The summed E-state index contributed by atoms with van der Waals surface area (Å²) in [6.07, 6.45) is 5.59. The number of fused-ring (bicyclic) bond motifs is 1. The maximum Gasteiger partial charge on any atom is 0.279 e. The van der Waals surface area contributed by atoms with Crippen molar-refractivity contribution in [2.24, 2.45) is 0 Å². The Labute approximate surface area is 153 Å². The SMILES string of the molecule is O=C(CNC(=O)c1ccsc1)NNC(=O)c1cc2c(s1)CCCCC2. The molecule has 0 unspecified atom stereocenters. The maximum atomic E-state index is 12.2. The van der Waals surface area contributed by atoms with Gasteiger partial charge in [-0.25, -0.2) is 0 Å². The zero-order valence-electron chi connectivity index (χ0n) is 13.6. The van der Waals surface area contributed by atoms with Gasteiger partial charge in [0.15, 0.2) is 0 Å². The Balaban J connectivity index is 1.45. The molecule has 132 valence electrons. The molecule has 0 radical (unpaired) electrons. The van der Waals surface area contributed by atoms with E-state index in [4.69, 9.17) is 0 Å². The highest BCUT2D eigenvalue weighted by molar-refractivity contribution is 7.14. The van der Waals surface area contributed by atoms with Gasteiger partial charge in [-0.15, -0.1) is 11.3 Å². The summed E-state index contributed by atoms with van der Waals surface area (Å²) in [5.74, 6) is -1.12. The molecule has 6 nitrogen and oxygen atoms in total. The lowest BCUT2D eigenvalue weighted by Gasteiger charge is -2.07. The van der Waals surface area contributed by atoms with Gasteiger partial charge in [-0.1, -0.05) is 6.42 Å².